The molecule has 0 bridgehead atoms. The van der Waals surface area contributed by atoms with Gasteiger partial charge in [0.2, 0.25) is 0 Å². The number of hydrogen-bond acceptors (Lipinski definition) is 2. The fourth-order valence-electron chi connectivity index (χ4n) is 3.34. The van der Waals surface area contributed by atoms with Gasteiger partial charge in [0, 0.05) is 19.0 Å². The molecule has 2 atom stereocenters. The van der Waals surface area contributed by atoms with Crippen molar-refractivity contribution in [3.63, 3.8) is 0 Å². The summed E-state index contributed by atoms with van der Waals surface area (Å²) in [7, 11) is 0. The number of nitrogens with two attached hydrogens (primary N) is 1. The van der Waals surface area contributed by atoms with E-state index in [9.17, 15) is 9.18 Å². The predicted octanol–water partition coefficient (Wildman–Crippen LogP) is 3.37. The first kappa shape index (κ1) is 18.4. The summed E-state index contributed by atoms with van der Waals surface area (Å²) in [4.78, 5) is 14.4. The predicted molar refractivity (Wildman–Crippen MR) is 96.0 cm³/mol. The van der Waals surface area contributed by atoms with E-state index in [0.29, 0.717) is 25.2 Å². The van der Waals surface area contributed by atoms with Crippen molar-refractivity contribution >= 4 is 18.3 Å². The van der Waals surface area contributed by atoms with Gasteiger partial charge in [-0.25, -0.2) is 4.39 Å². The highest BCUT2D eigenvalue weighted by Crippen LogP contribution is 2.33. The number of carbonyl (C=O) groups excluding carboxylic acids is 1. The third-order valence-electron chi connectivity index (χ3n) is 4.68. The van der Waals surface area contributed by atoms with Crippen LogP contribution in [0.15, 0.2) is 48.5 Å². The van der Waals surface area contributed by atoms with E-state index in [1.807, 2.05) is 18.2 Å². The van der Waals surface area contributed by atoms with Gasteiger partial charge in [-0.1, -0.05) is 42.5 Å². The molecule has 0 radical (unpaired) electrons. The van der Waals surface area contributed by atoms with Gasteiger partial charge in [-0.3, -0.25) is 4.79 Å². The van der Waals surface area contributed by atoms with E-state index in [4.69, 9.17) is 5.73 Å². The van der Waals surface area contributed by atoms with Crippen molar-refractivity contribution in [2.24, 2.45) is 11.7 Å². The number of hydrogen-bond donors (Lipinski definition) is 1. The lowest BCUT2D eigenvalue weighted by Crippen LogP contribution is -2.30. The minimum atomic E-state index is -0.426. The maximum Gasteiger partial charge on any atom is 0.256 e. The highest BCUT2D eigenvalue weighted by Gasteiger charge is 2.36. The van der Waals surface area contributed by atoms with Gasteiger partial charge in [0.1, 0.15) is 5.82 Å². The van der Waals surface area contributed by atoms with Gasteiger partial charge in [-0.15, -0.1) is 12.4 Å². The van der Waals surface area contributed by atoms with Crippen LogP contribution in [0.2, 0.25) is 0 Å². The summed E-state index contributed by atoms with van der Waals surface area (Å²) >= 11 is 0. The van der Waals surface area contributed by atoms with Crippen molar-refractivity contribution < 1.29 is 9.18 Å². The summed E-state index contributed by atoms with van der Waals surface area (Å²) in [6.07, 6.45) is 0. The van der Waals surface area contributed by atoms with E-state index in [-0.39, 0.29) is 35.7 Å². The van der Waals surface area contributed by atoms with Gasteiger partial charge in [-0.2, -0.15) is 0 Å². The molecule has 1 fully saturated rings. The van der Waals surface area contributed by atoms with E-state index in [2.05, 4.69) is 12.1 Å². The van der Waals surface area contributed by atoms with Crippen molar-refractivity contribution in [3.8, 4) is 0 Å². The van der Waals surface area contributed by atoms with Crippen molar-refractivity contribution in [1.29, 1.82) is 0 Å². The Morgan fingerprint density at radius 3 is 2.54 bits per heavy atom. The van der Waals surface area contributed by atoms with Crippen LogP contribution in [0.25, 0.3) is 0 Å². The Morgan fingerprint density at radius 2 is 1.88 bits per heavy atom. The molecule has 0 aromatic heterocycles. The number of likely N-dealkylation sites (tertiary alicyclic amines) is 1. The second-order valence-corrected chi connectivity index (χ2v) is 6.16. The molecule has 24 heavy (non-hydrogen) atoms. The Labute approximate surface area is 148 Å². The lowest BCUT2D eigenvalue weighted by Gasteiger charge is -2.17. The Morgan fingerprint density at radius 1 is 1.17 bits per heavy atom. The highest BCUT2D eigenvalue weighted by molar-refractivity contribution is 5.95. The molecule has 0 aliphatic carbocycles. The van der Waals surface area contributed by atoms with Crippen LogP contribution >= 0.6 is 12.4 Å². The normalized spacial score (nSPS) is 19.9. The Bertz CT molecular complexity index is 708. The second-order valence-electron chi connectivity index (χ2n) is 6.16. The van der Waals surface area contributed by atoms with Crippen LogP contribution in [0.1, 0.15) is 27.4 Å². The molecule has 1 heterocycles. The van der Waals surface area contributed by atoms with Crippen LogP contribution in [-0.4, -0.2) is 30.4 Å². The summed E-state index contributed by atoms with van der Waals surface area (Å²) in [6, 6.07) is 15.0. The first-order valence-electron chi connectivity index (χ1n) is 7.91. The van der Waals surface area contributed by atoms with E-state index in [1.165, 1.54) is 5.56 Å². The molecule has 0 saturated carbocycles. The van der Waals surface area contributed by atoms with Gasteiger partial charge in [0.25, 0.3) is 5.91 Å². The van der Waals surface area contributed by atoms with Crippen molar-refractivity contribution in [1.82, 2.24) is 4.90 Å². The van der Waals surface area contributed by atoms with Crippen LogP contribution in [-0.2, 0) is 0 Å². The SMILES string of the molecule is Cc1cccc(C(=O)N2C[C@@H](CN)[C@H](c3ccccc3)C2)c1F.Cl. The van der Waals surface area contributed by atoms with E-state index in [1.54, 1.807) is 30.0 Å². The molecule has 3 nitrogen and oxygen atoms in total. The van der Waals surface area contributed by atoms with Gasteiger partial charge in [0.05, 0.1) is 5.56 Å². The summed E-state index contributed by atoms with van der Waals surface area (Å²) < 4.78 is 14.2. The third kappa shape index (κ3) is 3.45. The molecule has 2 aromatic rings. The minimum absolute atomic E-state index is 0. The number of benzene rings is 2. The summed E-state index contributed by atoms with van der Waals surface area (Å²) in [5.74, 6) is -0.264. The number of rotatable bonds is 3. The Hall–Kier alpha value is -1.91. The zero-order chi connectivity index (χ0) is 16.4. The zero-order valence-electron chi connectivity index (χ0n) is 13.6. The molecule has 0 spiro atoms. The van der Waals surface area contributed by atoms with Crippen LogP contribution in [0.3, 0.4) is 0 Å². The zero-order valence-corrected chi connectivity index (χ0v) is 14.4. The average molecular weight is 349 g/mol. The van der Waals surface area contributed by atoms with E-state index < -0.39 is 5.82 Å². The lowest BCUT2D eigenvalue weighted by atomic mass is 9.89. The van der Waals surface area contributed by atoms with Crippen LogP contribution in [0, 0.1) is 18.7 Å². The first-order valence-corrected chi connectivity index (χ1v) is 7.91. The van der Waals surface area contributed by atoms with Gasteiger partial charge in [-0.05, 0) is 36.6 Å². The molecule has 1 aliphatic rings. The molecule has 1 aliphatic heterocycles. The highest BCUT2D eigenvalue weighted by atomic mass is 35.5. The summed E-state index contributed by atoms with van der Waals surface area (Å²) in [5.41, 5.74) is 7.73. The molecular formula is C19H22ClFN2O. The molecule has 2 aromatic carbocycles. The summed E-state index contributed by atoms with van der Waals surface area (Å²) in [6.45, 7) is 3.34. The van der Waals surface area contributed by atoms with Crippen LogP contribution < -0.4 is 5.73 Å². The number of halogens is 2. The largest absolute Gasteiger partial charge is 0.338 e. The van der Waals surface area contributed by atoms with Crippen molar-refractivity contribution in [2.45, 2.75) is 12.8 Å². The molecule has 5 heteroatoms. The number of nitrogens with zero attached hydrogens (tertiary/aromatic N) is 1. The minimum Gasteiger partial charge on any atom is -0.338 e. The fraction of sp³-hybridized carbons (Fsp3) is 0.316. The second kappa shape index (κ2) is 7.77. The monoisotopic (exact) mass is 348 g/mol. The van der Waals surface area contributed by atoms with Gasteiger partial charge >= 0.3 is 0 Å². The molecule has 128 valence electrons. The number of carbonyl (C=O) groups is 1. The van der Waals surface area contributed by atoms with E-state index in [0.717, 1.165) is 0 Å². The lowest BCUT2D eigenvalue weighted by molar-refractivity contribution is 0.0781. The molecule has 1 amide bonds. The van der Waals surface area contributed by atoms with Gasteiger partial charge in [0.15, 0.2) is 0 Å². The standard InChI is InChI=1S/C19H21FN2O.ClH/c1-13-6-5-9-16(18(13)20)19(23)22-11-15(10-21)17(12-22)14-7-3-2-4-8-14;/h2-9,15,17H,10-12,21H2,1H3;1H/t15-,17+;/m1./s1. The van der Waals surface area contributed by atoms with E-state index >= 15 is 0 Å². The quantitative estimate of drug-likeness (QED) is 0.924. The average Bonchev–Trinajstić information content (AvgIpc) is 3.02. The van der Waals surface area contributed by atoms with Crippen molar-refractivity contribution in [2.75, 3.05) is 19.6 Å². The maximum absolute atomic E-state index is 14.2. The summed E-state index contributed by atoms with van der Waals surface area (Å²) in [5, 5.41) is 0. The Kier molecular flexibility index (Phi) is 5.97. The maximum atomic E-state index is 14.2. The first-order chi connectivity index (χ1) is 11.1. The molecule has 1 saturated heterocycles. The molecule has 3 rings (SSSR count). The number of aryl methyl sites for hydroxylation is 1. The smallest absolute Gasteiger partial charge is 0.256 e. The number of amides is 1. The van der Waals surface area contributed by atoms with Crippen LogP contribution in [0.5, 0.6) is 0 Å². The topological polar surface area (TPSA) is 46.3 Å². The molecular weight excluding hydrogens is 327 g/mol. The van der Waals surface area contributed by atoms with Crippen LogP contribution in [0.4, 0.5) is 4.39 Å². The van der Waals surface area contributed by atoms with Gasteiger partial charge < -0.3 is 10.6 Å². The molecule has 2 N–H and O–H groups in total. The van der Waals surface area contributed by atoms with Crippen molar-refractivity contribution in [3.05, 3.63) is 71.0 Å². The fourth-order valence-corrected chi connectivity index (χ4v) is 3.34. The Balaban J connectivity index is 0.00000208. The third-order valence-corrected chi connectivity index (χ3v) is 4.68. The molecule has 0 unspecified atom stereocenters.